The highest BCUT2D eigenvalue weighted by Crippen LogP contribution is 2.36. The molecule has 1 aromatic heterocycles. The van der Waals surface area contributed by atoms with Crippen molar-refractivity contribution in [3.63, 3.8) is 0 Å². The summed E-state index contributed by atoms with van der Waals surface area (Å²) in [6, 6.07) is 7.77. The minimum absolute atomic E-state index is 0.103. The summed E-state index contributed by atoms with van der Waals surface area (Å²) in [4.78, 5) is 26.2. The van der Waals surface area contributed by atoms with Gasteiger partial charge in [-0.15, -0.1) is 0 Å². The quantitative estimate of drug-likeness (QED) is 0.720. The van der Waals surface area contributed by atoms with E-state index < -0.39 is 0 Å². The van der Waals surface area contributed by atoms with Gasteiger partial charge >= 0.3 is 0 Å². The molecule has 1 saturated heterocycles. The third-order valence-electron chi connectivity index (χ3n) is 4.40. The van der Waals surface area contributed by atoms with Crippen LogP contribution in [0.3, 0.4) is 0 Å². The van der Waals surface area contributed by atoms with E-state index in [-0.39, 0.29) is 17.7 Å². The summed E-state index contributed by atoms with van der Waals surface area (Å²) >= 11 is 0. The molecule has 4 heteroatoms. The molecule has 2 aromatic rings. The van der Waals surface area contributed by atoms with Crippen LogP contribution in [-0.4, -0.2) is 27.2 Å². The number of Topliss-reactive ketones (excluding diaryl/α,β-unsaturated/α-hetero) is 1. The van der Waals surface area contributed by atoms with Crippen molar-refractivity contribution in [3.8, 4) is 0 Å². The minimum Gasteiger partial charge on any atom is -0.341 e. The summed E-state index contributed by atoms with van der Waals surface area (Å²) in [7, 11) is 1.94. The predicted molar refractivity (Wildman–Crippen MR) is 70.8 cm³/mol. The van der Waals surface area contributed by atoms with Crippen LogP contribution >= 0.6 is 0 Å². The van der Waals surface area contributed by atoms with Gasteiger partial charge in [-0.2, -0.15) is 0 Å². The molecule has 0 aliphatic carbocycles. The molecule has 0 N–H and O–H groups in total. The van der Waals surface area contributed by atoms with E-state index >= 15 is 0 Å². The molecule has 1 unspecified atom stereocenters. The van der Waals surface area contributed by atoms with E-state index in [0.29, 0.717) is 19.4 Å². The molecule has 1 fully saturated rings. The summed E-state index contributed by atoms with van der Waals surface area (Å²) in [5.74, 6) is 0.211. The Morgan fingerprint density at radius 1 is 1.21 bits per heavy atom. The first-order chi connectivity index (χ1) is 9.18. The number of aromatic nitrogens is 1. The first kappa shape index (κ1) is 10.8. The van der Waals surface area contributed by atoms with Gasteiger partial charge < -0.3 is 9.47 Å². The Morgan fingerprint density at radius 2 is 2.00 bits per heavy atom. The fourth-order valence-electron chi connectivity index (χ4n) is 3.48. The number of amides is 1. The number of hydrogen-bond donors (Lipinski definition) is 0. The van der Waals surface area contributed by atoms with Gasteiger partial charge in [-0.05, 0) is 12.5 Å². The molecule has 1 atom stereocenters. The summed E-state index contributed by atoms with van der Waals surface area (Å²) in [6.07, 6.45) is 1.17. The van der Waals surface area contributed by atoms with Gasteiger partial charge in [0.25, 0.3) is 0 Å². The van der Waals surface area contributed by atoms with Crippen molar-refractivity contribution in [2.45, 2.75) is 25.4 Å². The lowest BCUT2D eigenvalue weighted by Gasteiger charge is -2.29. The second kappa shape index (κ2) is 3.47. The number of para-hydroxylation sites is 1. The van der Waals surface area contributed by atoms with Gasteiger partial charge in [-0.1, -0.05) is 18.2 Å². The largest absolute Gasteiger partial charge is 0.341 e. The van der Waals surface area contributed by atoms with Crippen LogP contribution in [-0.2, 0) is 18.4 Å². The maximum atomic E-state index is 12.6. The van der Waals surface area contributed by atoms with Crippen LogP contribution in [0, 0.1) is 0 Å². The van der Waals surface area contributed by atoms with Crippen LogP contribution in [0.15, 0.2) is 24.3 Å². The summed E-state index contributed by atoms with van der Waals surface area (Å²) < 4.78 is 1.98. The molecule has 19 heavy (non-hydrogen) atoms. The zero-order chi connectivity index (χ0) is 13.1. The van der Waals surface area contributed by atoms with Gasteiger partial charge in [-0.25, -0.2) is 0 Å². The van der Waals surface area contributed by atoms with Crippen molar-refractivity contribution in [2.75, 3.05) is 0 Å². The Morgan fingerprint density at radius 3 is 2.84 bits per heavy atom. The van der Waals surface area contributed by atoms with Crippen LogP contribution < -0.4 is 0 Å². The highest BCUT2D eigenvalue weighted by atomic mass is 16.2. The zero-order valence-electron chi connectivity index (χ0n) is 10.7. The number of aryl methyl sites for hydroxylation is 1. The lowest BCUT2D eigenvalue weighted by molar-refractivity contribution is -0.129. The Bertz CT molecular complexity index is 729. The van der Waals surface area contributed by atoms with Gasteiger partial charge in [0, 0.05) is 36.5 Å². The smallest absolute Gasteiger partial charge is 0.223 e. The standard InChI is InChI=1S/C15H14N2O2/c1-16-11-5-3-2-4-9(11)10-8-17-12(6-7-13(17)18)15(19)14(10)16/h2-5,12H,6-8H2,1H3. The van der Waals surface area contributed by atoms with Gasteiger partial charge in [0.15, 0.2) is 0 Å². The van der Waals surface area contributed by atoms with Gasteiger partial charge in [0.2, 0.25) is 11.7 Å². The normalized spacial score (nSPS) is 21.9. The minimum atomic E-state index is -0.233. The Hall–Kier alpha value is -2.10. The molecule has 1 aromatic carbocycles. The van der Waals surface area contributed by atoms with Gasteiger partial charge in [0.05, 0.1) is 11.7 Å². The molecule has 0 radical (unpaired) electrons. The van der Waals surface area contributed by atoms with Crippen molar-refractivity contribution in [2.24, 2.45) is 7.05 Å². The number of carbonyl (C=O) groups excluding carboxylic acids is 2. The molecule has 0 bridgehead atoms. The fraction of sp³-hybridized carbons (Fsp3) is 0.333. The average molecular weight is 254 g/mol. The monoisotopic (exact) mass is 254 g/mol. The summed E-state index contributed by atoms with van der Waals surface area (Å²) in [6.45, 7) is 0.575. The van der Waals surface area contributed by atoms with Crippen molar-refractivity contribution in [3.05, 3.63) is 35.5 Å². The molecule has 0 saturated carbocycles. The van der Waals surface area contributed by atoms with Gasteiger partial charge in [-0.3, -0.25) is 9.59 Å². The second-order valence-electron chi connectivity index (χ2n) is 5.34. The molecular formula is C15H14N2O2. The Balaban J connectivity index is 2.01. The molecule has 2 aliphatic rings. The maximum Gasteiger partial charge on any atom is 0.223 e. The van der Waals surface area contributed by atoms with E-state index in [4.69, 9.17) is 0 Å². The van der Waals surface area contributed by atoms with E-state index in [1.54, 1.807) is 4.90 Å². The molecule has 4 nitrogen and oxygen atoms in total. The molecule has 2 aliphatic heterocycles. The number of fused-ring (bicyclic) bond motifs is 4. The van der Waals surface area contributed by atoms with Crippen molar-refractivity contribution in [1.29, 1.82) is 0 Å². The topological polar surface area (TPSA) is 42.3 Å². The third-order valence-corrected chi connectivity index (χ3v) is 4.40. The van der Waals surface area contributed by atoms with E-state index in [9.17, 15) is 9.59 Å². The van der Waals surface area contributed by atoms with E-state index in [2.05, 4.69) is 0 Å². The predicted octanol–water partition coefficient (Wildman–Crippen LogP) is 1.87. The lowest BCUT2D eigenvalue weighted by Crippen LogP contribution is -2.43. The van der Waals surface area contributed by atoms with Crippen LogP contribution in [0.5, 0.6) is 0 Å². The number of nitrogens with zero attached hydrogens (tertiary/aromatic N) is 2. The highest BCUT2D eigenvalue weighted by molar-refractivity contribution is 6.09. The van der Waals surface area contributed by atoms with Gasteiger partial charge in [0.1, 0.15) is 0 Å². The second-order valence-corrected chi connectivity index (χ2v) is 5.34. The van der Waals surface area contributed by atoms with E-state index in [1.165, 1.54) is 0 Å². The maximum absolute atomic E-state index is 12.6. The number of hydrogen-bond acceptors (Lipinski definition) is 2. The first-order valence-corrected chi connectivity index (χ1v) is 6.58. The molecule has 4 rings (SSSR count). The Kier molecular flexibility index (Phi) is 1.97. The zero-order valence-corrected chi connectivity index (χ0v) is 10.7. The number of benzene rings is 1. The lowest BCUT2D eigenvalue weighted by atomic mass is 9.97. The molecule has 3 heterocycles. The van der Waals surface area contributed by atoms with Crippen LogP contribution in [0.4, 0.5) is 0 Å². The molecule has 0 spiro atoms. The SMILES string of the molecule is Cn1c2c(c3ccccc31)CN1C(=O)CCC1C2=O. The average Bonchev–Trinajstić information content (AvgIpc) is 2.92. The fourth-order valence-corrected chi connectivity index (χ4v) is 3.48. The number of rotatable bonds is 0. The van der Waals surface area contributed by atoms with E-state index in [0.717, 1.165) is 22.2 Å². The van der Waals surface area contributed by atoms with Crippen molar-refractivity contribution in [1.82, 2.24) is 9.47 Å². The van der Waals surface area contributed by atoms with Crippen LogP contribution in [0.2, 0.25) is 0 Å². The van der Waals surface area contributed by atoms with Crippen molar-refractivity contribution < 1.29 is 9.59 Å². The molecule has 1 amide bonds. The number of ketones is 1. The molecule has 96 valence electrons. The van der Waals surface area contributed by atoms with Crippen LogP contribution in [0.25, 0.3) is 10.9 Å². The van der Waals surface area contributed by atoms with E-state index in [1.807, 2.05) is 35.9 Å². The third kappa shape index (κ3) is 1.23. The van der Waals surface area contributed by atoms with Crippen molar-refractivity contribution >= 4 is 22.6 Å². The highest BCUT2D eigenvalue weighted by Gasteiger charge is 2.42. The first-order valence-electron chi connectivity index (χ1n) is 6.58. The number of carbonyl (C=O) groups is 2. The Labute approximate surface area is 110 Å². The van der Waals surface area contributed by atoms with Crippen LogP contribution in [0.1, 0.15) is 28.9 Å². The summed E-state index contributed by atoms with van der Waals surface area (Å²) in [5.41, 5.74) is 2.86. The summed E-state index contributed by atoms with van der Waals surface area (Å²) in [5, 5.41) is 1.09. The molecular weight excluding hydrogens is 240 g/mol.